The van der Waals surface area contributed by atoms with Crippen LogP contribution in [-0.4, -0.2) is 21.2 Å². The zero-order valence-electron chi connectivity index (χ0n) is 10.6. The SMILES string of the molecule is CSc1ccc(-c2nc3ccc(N=O)cc3n2O)cc1. The largest absolute Gasteiger partial charge is 0.426 e. The minimum atomic E-state index is 0.261. The number of thioether (sulfide) groups is 1. The predicted octanol–water partition coefficient (Wildman–Crippen LogP) is 4.06. The second kappa shape index (κ2) is 4.97. The number of hydrogen-bond donors (Lipinski definition) is 1. The van der Waals surface area contributed by atoms with Crippen molar-refractivity contribution in [3.05, 3.63) is 47.4 Å². The fourth-order valence-electron chi connectivity index (χ4n) is 2.04. The highest BCUT2D eigenvalue weighted by molar-refractivity contribution is 7.98. The van der Waals surface area contributed by atoms with E-state index in [4.69, 9.17) is 0 Å². The van der Waals surface area contributed by atoms with Crippen molar-refractivity contribution in [3.8, 4) is 11.4 Å². The van der Waals surface area contributed by atoms with Crippen molar-refractivity contribution in [3.63, 3.8) is 0 Å². The zero-order chi connectivity index (χ0) is 14.1. The number of imidazole rings is 1. The van der Waals surface area contributed by atoms with E-state index in [1.807, 2.05) is 30.5 Å². The molecular formula is C14H11N3O2S. The van der Waals surface area contributed by atoms with Crippen LogP contribution in [0.2, 0.25) is 0 Å². The molecule has 0 atom stereocenters. The fraction of sp³-hybridized carbons (Fsp3) is 0.0714. The summed E-state index contributed by atoms with van der Waals surface area (Å²) in [5, 5.41) is 13.1. The van der Waals surface area contributed by atoms with Crippen molar-refractivity contribution >= 4 is 28.5 Å². The molecule has 0 aliphatic rings. The molecule has 3 aromatic rings. The molecule has 0 unspecified atom stereocenters. The van der Waals surface area contributed by atoms with E-state index in [0.29, 0.717) is 16.9 Å². The van der Waals surface area contributed by atoms with Crippen molar-refractivity contribution in [1.82, 2.24) is 9.71 Å². The van der Waals surface area contributed by atoms with Crippen LogP contribution < -0.4 is 0 Å². The van der Waals surface area contributed by atoms with Gasteiger partial charge in [-0.2, -0.15) is 4.73 Å². The van der Waals surface area contributed by atoms with Crippen molar-refractivity contribution < 1.29 is 5.21 Å². The Morgan fingerprint density at radius 2 is 1.95 bits per heavy atom. The van der Waals surface area contributed by atoms with E-state index in [1.165, 1.54) is 6.07 Å². The summed E-state index contributed by atoms with van der Waals surface area (Å²) < 4.78 is 0.984. The number of nitrogens with zero attached hydrogens (tertiary/aromatic N) is 3. The first kappa shape index (κ1) is 12.7. The first-order valence-electron chi connectivity index (χ1n) is 5.92. The Kier molecular flexibility index (Phi) is 3.15. The molecule has 5 nitrogen and oxygen atoms in total. The number of fused-ring (bicyclic) bond motifs is 1. The monoisotopic (exact) mass is 285 g/mol. The summed E-state index contributed by atoms with van der Waals surface area (Å²) in [5.41, 5.74) is 2.15. The van der Waals surface area contributed by atoms with Crippen LogP contribution in [0.5, 0.6) is 0 Å². The second-order valence-electron chi connectivity index (χ2n) is 4.24. The standard InChI is InChI=1S/C14H11N3O2S/c1-20-11-5-2-9(3-6-11)14-15-12-7-4-10(16-18)8-13(12)17(14)19/h2-8,19H,1H3. The Labute approximate surface area is 119 Å². The molecule has 0 saturated carbocycles. The van der Waals surface area contributed by atoms with Gasteiger partial charge in [0.2, 0.25) is 0 Å². The number of rotatable bonds is 3. The molecule has 20 heavy (non-hydrogen) atoms. The first-order chi connectivity index (χ1) is 9.72. The van der Waals surface area contributed by atoms with E-state index in [1.54, 1.807) is 23.9 Å². The van der Waals surface area contributed by atoms with Crippen LogP contribution in [0.1, 0.15) is 0 Å². The third-order valence-corrected chi connectivity index (χ3v) is 3.81. The maximum atomic E-state index is 10.5. The van der Waals surface area contributed by atoms with Gasteiger partial charge in [-0.3, -0.25) is 0 Å². The first-order valence-corrected chi connectivity index (χ1v) is 7.15. The lowest BCUT2D eigenvalue weighted by molar-refractivity contribution is 0.203. The maximum absolute atomic E-state index is 10.5. The van der Waals surface area contributed by atoms with E-state index in [-0.39, 0.29) is 5.69 Å². The lowest BCUT2D eigenvalue weighted by Gasteiger charge is -2.02. The third-order valence-electron chi connectivity index (χ3n) is 3.07. The smallest absolute Gasteiger partial charge is 0.176 e. The van der Waals surface area contributed by atoms with Gasteiger partial charge in [-0.15, -0.1) is 16.7 Å². The topological polar surface area (TPSA) is 67.5 Å². The normalized spacial score (nSPS) is 10.8. The van der Waals surface area contributed by atoms with Crippen LogP contribution in [0.4, 0.5) is 5.69 Å². The molecule has 100 valence electrons. The molecule has 1 heterocycles. The van der Waals surface area contributed by atoms with E-state index in [2.05, 4.69) is 10.2 Å². The van der Waals surface area contributed by atoms with Crippen LogP contribution in [-0.2, 0) is 0 Å². The average Bonchev–Trinajstić information content (AvgIpc) is 2.84. The van der Waals surface area contributed by atoms with Crippen molar-refractivity contribution in [2.45, 2.75) is 4.90 Å². The Bertz CT molecular complexity index is 781. The van der Waals surface area contributed by atoms with Gasteiger partial charge in [0.05, 0.1) is 5.52 Å². The van der Waals surface area contributed by atoms with Crippen molar-refractivity contribution in [2.24, 2.45) is 5.18 Å². The summed E-state index contributed by atoms with van der Waals surface area (Å²) >= 11 is 1.65. The third kappa shape index (κ3) is 2.04. The van der Waals surface area contributed by atoms with Crippen LogP contribution in [0, 0.1) is 4.91 Å². The maximum Gasteiger partial charge on any atom is 0.176 e. The molecule has 3 rings (SSSR count). The summed E-state index contributed by atoms with van der Waals surface area (Å²) in [4.78, 5) is 16.1. The summed E-state index contributed by atoms with van der Waals surface area (Å²) in [6.45, 7) is 0. The molecule has 0 fully saturated rings. The Hall–Kier alpha value is -2.34. The van der Waals surface area contributed by atoms with Crippen LogP contribution in [0.25, 0.3) is 22.4 Å². The molecule has 1 aromatic heterocycles. The van der Waals surface area contributed by atoms with Gasteiger partial charge in [-0.25, -0.2) is 4.98 Å². The van der Waals surface area contributed by atoms with Gasteiger partial charge < -0.3 is 5.21 Å². The fourth-order valence-corrected chi connectivity index (χ4v) is 2.44. The summed E-state index contributed by atoms with van der Waals surface area (Å²) in [6.07, 6.45) is 2.00. The number of nitroso groups, excluding NO2 is 1. The molecular weight excluding hydrogens is 274 g/mol. The highest BCUT2D eigenvalue weighted by Gasteiger charge is 2.12. The van der Waals surface area contributed by atoms with Gasteiger partial charge in [0.25, 0.3) is 0 Å². The second-order valence-corrected chi connectivity index (χ2v) is 5.12. The molecule has 1 N–H and O–H groups in total. The molecule has 0 bridgehead atoms. The minimum Gasteiger partial charge on any atom is -0.426 e. The summed E-state index contributed by atoms with van der Waals surface area (Å²) in [7, 11) is 0. The van der Waals surface area contributed by atoms with Crippen LogP contribution in [0.3, 0.4) is 0 Å². The van der Waals surface area contributed by atoms with Crippen molar-refractivity contribution in [1.29, 1.82) is 0 Å². The molecule has 6 heteroatoms. The quantitative estimate of drug-likeness (QED) is 0.447. The number of aromatic nitrogens is 2. The summed E-state index contributed by atoms with van der Waals surface area (Å²) in [6, 6.07) is 12.5. The molecule has 0 radical (unpaired) electrons. The molecule has 0 spiro atoms. The van der Waals surface area contributed by atoms with Crippen LogP contribution in [0.15, 0.2) is 52.5 Å². The molecule has 2 aromatic carbocycles. The highest BCUT2D eigenvalue weighted by atomic mass is 32.2. The number of benzene rings is 2. The van der Waals surface area contributed by atoms with Crippen molar-refractivity contribution in [2.75, 3.05) is 6.26 Å². The molecule has 0 saturated heterocycles. The van der Waals surface area contributed by atoms with Crippen LogP contribution >= 0.6 is 11.8 Å². The van der Waals surface area contributed by atoms with Gasteiger partial charge in [0.1, 0.15) is 11.2 Å². The van der Waals surface area contributed by atoms with E-state index >= 15 is 0 Å². The van der Waals surface area contributed by atoms with E-state index in [0.717, 1.165) is 15.2 Å². The minimum absolute atomic E-state index is 0.261. The average molecular weight is 285 g/mol. The lowest BCUT2D eigenvalue weighted by Crippen LogP contribution is -1.93. The molecule has 0 amide bonds. The van der Waals surface area contributed by atoms with Gasteiger partial charge in [0, 0.05) is 10.5 Å². The summed E-state index contributed by atoms with van der Waals surface area (Å²) in [5.74, 6) is 0.440. The number of hydrogen-bond acceptors (Lipinski definition) is 5. The van der Waals surface area contributed by atoms with E-state index < -0.39 is 0 Å². The Morgan fingerprint density at radius 1 is 1.20 bits per heavy atom. The predicted molar refractivity (Wildman–Crippen MR) is 79.6 cm³/mol. The van der Waals surface area contributed by atoms with Gasteiger partial charge in [-0.1, -0.05) is 12.1 Å². The van der Waals surface area contributed by atoms with Gasteiger partial charge in [-0.05, 0) is 41.8 Å². The highest BCUT2D eigenvalue weighted by Crippen LogP contribution is 2.27. The Balaban J connectivity index is 2.15. The Morgan fingerprint density at radius 3 is 2.60 bits per heavy atom. The molecule has 0 aliphatic heterocycles. The van der Waals surface area contributed by atoms with E-state index in [9.17, 15) is 10.1 Å². The molecule has 0 aliphatic carbocycles. The zero-order valence-corrected chi connectivity index (χ0v) is 11.5. The lowest BCUT2D eigenvalue weighted by atomic mass is 10.2. The van der Waals surface area contributed by atoms with Gasteiger partial charge in [0.15, 0.2) is 5.82 Å². The van der Waals surface area contributed by atoms with Gasteiger partial charge >= 0.3 is 0 Å².